The van der Waals surface area contributed by atoms with Crippen LogP contribution in [0.1, 0.15) is 0 Å². The number of rotatable bonds is 7. The van der Waals surface area contributed by atoms with Crippen LogP contribution in [-0.4, -0.2) is 17.2 Å². The largest absolute Gasteiger partial charge is 0.456 e. The standard InChI is InChI=1S/C60H40N2OSi/c1-4-18-43(19-5-1)61-54-30-13-10-26-48(54)52-38-41(34-36-56(52)61)42-35-37-57-53(39-42)49-27-11-14-31-55(49)62(57)44-20-16-25-47(40-44)64(45-21-6-2-7-22-45,46-23-8-3-9-24-46)59-33-17-29-51-50-28-12-15-32-58(50)63-60(51)59/h1-40H. The van der Waals surface area contributed by atoms with Crippen LogP contribution in [0.2, 0.25) is 0 Å². The molecule has 0 aliphatic carbocycles. The third kappa shape index (κ3) is 5.39. The van der Waals surface area contributed by atoms with Crippen LogP contribution in [0.3, 0.4) is 0 Å². The molecule has 4 heteroatoms. The maximum Gasteiger partial charge on any atom is 0.184 e. The first-order chi connectivity index (χ1) is 31.8. The number of hydrogen-bond donors (Lipinski definition) is 0. The van der Waals surface area contributed by atoms with E-state index in [9.17, 15) is 0 Å². The van der Waals surface area contributed by atoms with Crippen LogP contribution in [0, 0.1) is 0 Å². The van der Waals surface area contributed by atoms with Gasteiger partial charge in [-0.05, 0) is 98.6 Å². The van der Waals surface area contributed by atoms with Crippen LogP contribution in [-0.2, 0) is 0 Å². The predicted octanol–water partition coefficient (Wildman–Crippen LogP) is 12.8. The van der Waals surface area contributed by atoms with Crippen LogP contribution in [0.15, 0.2) is 247 Å². The van der Waals surface area contributed by atoms with Gasteiger partial charge in [-0.25, -0.2) is 0 Å². The highest BCUT2D eigenvalue weighted by Crippen LogP contribution is 2.38. The Kier molecular flexibility index (Phi) is 8.23. The van der Waals surface area contributed by atoms with Crippen molar-refractivity contribution in [3.8, 4) is 22.5 Å². The first kappa shape index (κ1) is 36.5. The van der Waals surface area contributed by atoms with Crippen molar-refractivity contribution in [1.29, 1.82) is 0 Å². The van der Waals surface area contributed by atoms with E-state index in [4.69, 9.17) is 4.42 Å². The monoisotopic (exact) mass is 832 g/mol. The third-order valence-corrected chi connectivity index (χ3v) is 18.2. The van der Waals surface area contributed by atoms with Crippen molar-refractivity contribution in [2.45, 2.75) is 0 Å². The molecule has 0 N–H and O–H groups in total. The van der Waals surface area contributed by atoms with Gasteiger partial charge < -0.3 is 13.6 Å². The van der Waals surface area contributed by atoms with E-state index in [-0.39, 0.29) is 0 Å². The minimum absolute atomic E-state index is 0.909. The quantitative estimate of drug-likeness (QED) is 0.116. The summed E-state index contributed by atoms with van der Waals surface area (Å²) in [5, 5.41) is 12.4. The molecule has 300 valence electrons. The fourth-order valence-corrected chi connectivity index (χ4v) is 15.6. The van der Waals surface area contributed by atoms with Gasteiger partial charge in [-0.2, -0.15) is 0 Å². The Morgan fingerprint density at radius 3 is 1.38 bits per heavy atom. The van der Waals surface area contributed by atoms with E-state index in [0.717, 1.165) is 27.6 Å². The molecule has 0 bridgehead atoms. The lowest BCUT2D eigenvalue weighted by molar-refractivity contribution is 0.671. The van der Waals surface area contributed by atoms with E-state index in [1.54, 1.807) is 0 Å². The summed E-state index contributed by atoms with van der Waals surface area (Å²) in [4.78, 5) is 0. The molecule has 10 aromatic carbocycles. The maximum absolute atomic E-state index is 6.91. The fraction of sp³-hybridized carbons (Fsp3) is 0. The first-order valence-corrected chi connectivity index (χ1v) is 24.0. The molecule has 13 rings (SSSR count). The molecule has 0 saturated carbocycles. The molecule has 13 aromatic rings. The molecule has 64 heavy (non-hydrogen) atoms. The molecule has 0 fully saturated rings. The Hall–Kier alpha value is -8.18. The van der Waals surface area contributed by atoms with Gasteiger partial charge in [0, 0.05) is 43.7 Å². The molecule has 0 aliphatic heterocycles. The normalized spacial score (nSPS) is 12.1. The summed E-state index contributed by atoms with van der Waals surface area (Å²) < 4.78 is 11.8. The number of fused-ring (bicyclic) bond motifs is 9. The average molecular weight is 833 g/mol. The molecule has 3 heterocycles. The molecule has 0 amide bonds. The molecule has 0 spiro atoms. The van der Waals surface area contributed by atoms with Gasteiger partial charge in [0.1, 0.15) is 11.2 Å². The smallest absolute Gasteiger partial charge is 0.184 e. The highest BCUT2D eigenvalue weighted by molar-refractivity contribution is 7.20. The zero-order chi connectivity index (χ0) is 42.2. The van der Waals surface area contributed by atoms with Gasteiger partial charge in [-0.3, -0.25) is 0 Å². The van der Waals surface area contributed by atoms with Crippen molar-refractivity contribution in [2.24, 2.45) is 0 Å². The van der Waals surface area contributed by atoms with E-state index in [1.165, 1.54) is 81.2 Å². The second kappa shape index (κ2) is 14.5. The number of nitrogens with zero attached hydrogens (tertiary/aromatic N) is 2. The van der Waals surface area contributed by atoms with Crippen LogP contribution in [0.25, 0.3) is 88.1 Å². The Morgan fingerprint density at radius 1 is 0.297 bits per heavy atom. The van der Waals surface area contributed by atoms with Gasteiger partial charge in [0.2, 0.25) is 0 Å². The summed E-state index contributed by atoms with van der Waals surface area (Å²) in [7, 11) is -3.03. The number of aromatic nitrogens is 2. The third-order valence-electron chi connectivity index (χ3n) is 13.5. The topological polar surface area (TPSA) is 23.0 Å². The van der Waals surface area contributed by atoms with Crippen molar-refractivity contribution in [3.63, 3.8) is 0 Å². The van der Waals surface area contributed by atoms with Crippen LogP contribution in [0.4, 0.5) is 0 Å². The van der Waals surface area contributed by atoms with E-state index < -0.39 is 8.07 Å². The van der Waals surface area contributed by atoms with Crippen molar-refractivity contribution in [1.82, 2.24) is 9.13 Å². The highest BCUT2D eigenvalue weighted by Gasteiger charge is 2.44. The maximum atomic E-state index is 6.91. The minimum Gasteiger partial charge on any atom is -0.456 e. The highest BCUT2D eigenvalue weighted by atomic mass is 28.3. The number of para-hydroxylation sites is 5. The van der Waals surface area contributed by atoms with E-state index in [2.05, 4.69) is 252 Å². The molecule has 3 nitrogen and oxygen atoms in total. The van der Waals surface area contributed by atoms with E-state index >= 15 is 0 Å². The minimum atomic E-state index is -3.03. The molecule has 0 saturated heterocycles. The SMILES string of the molecule is c1ccc(-n2c3ccccc3c3cc(-c4ccc5c(c4)c4ccccc4n5-c4cccc([Si](c5ccccc5)(c5ccccc5)c5cccc6c5oc5ccccc56)c4)ccc32)cc1. The van der Waals surface area contributed by atoms with Crippen molar-refractivity contribution in [2.75, 3.05) is 0 Å². The number of benzene rings is 10. The zero-order valence-electron chi connectivity index (χ0n) is 34.9. The molecule has 0 unspecified atom stereocenters. The second-order valence-corrected chi connectivity index (χ2v) is 20.6. The molecule has 0 radical (unpaired) electrons. The summed E-state index contributed by atoms with van der Waals surface area (Å²) in [6.07, 6.45) is 0. The van der Waals surface area contributed by atoms with Gasteiger partial charge in [0.15, 0.2) is 8.07 Å². The Balaban J connectivity index is 1.02. The van der Waals surface area contributed by atoms with Crippen molar-refractivity contribution in [3.05, 3.63) is 243 Å². The lowest BCUT2D eigenvalue weighted by atomic mass is 10.0. The van der Waals surface area contributed by atoms with Gasteiger partial charge in [-0.15, -0.1) is 0 Å². The predicted molar refractivity (Wildman–Crippen MR) is 271 cm³/mol. The van der Waals surface area contributed by atoms with Crippen molar-refractivity contribution < 1.29 is 4.42 Å². The summed E-state index contributed by atoms with van der Waals surface area (Å²) in [5.41, 5.74) is 11.3. The summed E-state index contributed by atoms with van der Waals surface area (Å²) >= 11 is 0. The lowest BCUT2D eigenvalue weighted by Gasteiger charge is -2.34. The first-order valence-electron chi connectivity index (χ1n) is 22.0. The molecular formula is C60H40N2OSi. The van der Waals surface area contributed by atoms with Crippen molar-refractivity contribution >= 4 is 94.4 Å². The van der Waals surface area contributed by atoms with E-state index in [0.29, 0.717) is 0 Å². The molecule has 0 aliphatic rings. The van der Waals surface area contributed by atoms with Crippen LogP contribution >= 0.6 is 0 Å². The van der Waals surface area contributed by atoms with Gasteiger partial charge in [0.25, 0.3) is 0 Å². The summed E-state index contributed by atoms with van der Waals surface area (Å²) in [6.45, 7) is 0. The number of furan rings is 1. The second-order valence-electron chi connectivity index (χ2n) is 16.8. The fourth-order valence-electron chi connectivity index (χ4n) is 10.7. The zero-order valence-corrected chi connectivity index (χ0v) is 35.9. The van der Waals surface area contributed by atoms with Gasteiger partial charge in [0.05, 0.1) is 22.1 Å². The Bertz CT molecular complexity index is 3860. The van der Waals surface area contributed by atoms with Crippen LogP contribution in [0.5, 0.6) is 0 Å². The Morgan fingerprint density at radius 2 is 0.750 bits per heavy atom. The lowest BCUT2D eigenvalue weighted by Crippen LogP contribution is -2.74. The Labute approximate surface area is 371 Å². The number of hydrogen-bond acceptors (Lipinski definition) is 1. The molecular weight excluding hydrogens is 793 g/mol. The summed E-state index contributed by atoms with van der Waals surface area (Å²) in [5.74, 6) is 0. The van der Waals surface area contributed by atoms with Crippen LogP contribution < -0.4 is 20.7 Å². The van der Waals surface area contributed by atoms with E-state index in [1.807, 2.05) is 0 Å². The molecule has 3 aromatic heterocycles. The summed E-state index contributed by atoms with van der Waals surface area (Å²) in [6, 6.07) is 89.1. The average Bonchev–Trinajstić information content (AvgIpc) is 4.03. The van der Waals surface area contributed by atoms with Gasteiger partial charge in [-0.1, -0.05) is 176 Å². The molecule has 0 atom stereocenters. The van der Waals surface area contributed by atoms with Gasteiger partial charge >= 0.3 is 0 Å².